The summed E-state index contributed by atoms with van der Waals surface area (Å²) >= 11 is 11.9. The Labute approximate surface area is 128 Å². The van der Waals surface area contributed by atoms with Crippen LogP contribution in [0.5, 0.6) is 0 Å². The molecule has 4 nitrogen and oxygen atoms in total. The second-order valence-corrected chi connectivity index (χ2v) is 5.99. The van der Waals surface area contributed by atoms with E-state index >= 15 is 0 Å². The van der Waals surface area contributed by atoms with Gasteiger partial charge in [-0.2, -0.15) is 0 Å². The van der Waals surface area contributed by atoms with Crippen molar-refractivity contribution in [3.8, 4) is 0 Å². The fourth-order valence-corrected chi connectivity index (χ4v) is 2.83. The SMILES string of the molecule is CC(O)C1CCCN(C(=O)Nc2ccc(Cl)cc2Cl)C1. The first-order valence-corrected chi connectivity index (χ1v) is 7.42. The topological polar surface area (TPSA) is 52.6 Å². The smallest absolute Gasteiger partial charge is 0.321 e. The van der Waals surface area contributed by atoms with Crippen LogP contribution in [0.1, 0.15) is 19.8 Å². The van der Waals surface area contributed by atoms with E-state index in [4.69, 9.17) is 23.2 Å². The lowest BCUT2D eigenvalue weighted by Gasteiger charge is -2.34. The van der Waals surface area contributed by atoms with Crippen LogP contribution in [0.25, 0.3) is 0 Å². The van der Waals surface area contributed by atoms with Crippen molar-refractivity contribution >= 4 is 34.9 Å². The summed E-state index contributed by atoms with van der Waals surface area (Å²) in [7, 11) is 0. The summed E-state index contributed by atoms with van der Waals surface area (Å²) in [6, 6.07) is 4.75. The van der Waals surface area contributed by atoms with Gasteiger partial charge in [-0.25, -0.2) is 4.79 Å². The number of carbonyl (C=O) groups is 1. The molecule has 2 rings (SSSR count). The molecule has 2 atom stereocenters. The monoisotopic (exact) mass is 316 g/mol. The summed E-state index contributed by atoms with van der Waals surface area (Å²) in [6.45, 7) is 3.02. The standard InChI is InChI=1S/C14H18Cl2N2O2/c1-9(19)10-3-2-6-18(8-10)14(20)17-13-5-4-11(15)7-12(13)16/h4-5,7,9-10,19H,2-3,6,8H2,1H3,(H,17,20). The second-order valence-electron chi connectivity index (χ2n) is 5.14. The Morgan fingerprint density at radius 1 is 1.50 bits per heavy atom. The van der Waals surface area contributed by atoms with E-state index in [0.29, 0.717) is 28.8 Å². The van der Waals surface area contributed by atoms with Crippen LogP contribution >= 0.6 is 23.2 Å². The van der Waals surface area contributed by atoms with Gasteiger partial charge in [0.25, 0.3) is 0 Å². The van der Waals surface area contributed by atoms with Gasteiger partial charge in [-0.15, -0.1) is 0 Å². The Kier molecular flexibility index (Phi) is 5.13. The molecule has 0 spiro atoms. The highest BCUT2D eigenvalue weighted by Gasteiger charge is 2.26. The zero-order valence-electron chi connectivity index (χ0n) is 11.3. The van der Waals surface area contributed by atoms with E-state index in [1.807, 2.05) is 0 Å². The Bertz CT molecular complexity index is 494. The molecule has 0 radical (unpaired) electrons. The molecule has 1 aliphatic heterocycles. The lowest BCUT2D eigenvalue weighted by Crippen LogP contribution is -2.44. The van der Waals surface area contributed by atoms with Crippen molar-refractivity contribution in [2.75, 3.05) is 18.4 Å². The zero-order valence-corrected chi connectivity index (χ0v) is 12.8. The minimum Gasteiger partial charge on any atom is -0.393 e. The molecule has 2 unspecified atom stereocenters. The molecule has 1 aliphatic rings. The minimum absolute atomic E-state index is 0.134. The fourth-order valence-electron chi connectivity index (χ4n) is 2.37. The van der Waals surface area contributed by atoms with Crippen LogP contribution in [0.15, 0.2) is 18.2 Å². The summed E-state index contributed by atoms with van der Waals surface area (Å²) in [5.74, 6) is 0.134. The normalized spacial score (nSPS) is 20.6. The van der Waals surface area contributed by atoms with E-state index in [-0.39, 0.29) is 11.9 Å². The van der Waals surface area contributed by atoms with Crippen molar-refractivity contribution in [1.82, 2.24) is 4.90 Å². The maximum absolute atomic E-state index is 12.2. The summed E-state index contributed by atoms with van der Waals surface area (Å²) in [5, 5.41) is 13.4. The summed E-state index contributed by atoms with van der Waals surface area (Å²) in [5.41, 5.74) is 0.542. The highest BCUT2D eigenvalue weighted by molar-refractivity contribution is 6.36. The van der Waals surface area contributed by atoms with Gasteiger partial charge in [0.2, 0.25) is 0 Å². The number of nitrogens with zero attached hydrogens (tertiary/aromatic N) is 1. The number of likely N-dealkylation sites (tertiary alicyclic amines) is 1. The molecular formula is C14H18Cl2N2O2. The molecule has 2 N–H and O–H groups in total. The average molecular weight is 317 g/mol. The van der Waals surface area contributed by atoms with Gasteiger partial charge in [-0.1, -0.05) is 23.2 Å². The molecule has 2 amide bonds. The largest absolute Gasteiger partial charge is 0.393 e. The van der Waals surface area contributed by atoms with Gasteiger partial charge < -0.3 is 15.3 Å². The first kappa shape index (κ1) is 15.4. The molecule has 1 heterocycles. The van der Waals surface area contributed by atoms with Crippen LogP contribution in [0.4, 0.5) is 10.5 Å². The van der Waals surface area contributed by atoms with Crippen LogP contribution in [0.3, 0.4) is 0 Å². The Morgan fingerprint density at radius 3 is 2.90 bits per heavy atom. The maximum atomic E-state index is 12.2. The molecule has 0 aromatic heterocycles. The van der Waals surface area contributed by atoms with Crippen molar-refractivity contribution in [3.63, 3.8) is 0 Å². The Balaban J connectivity index is 2.00. The van der Waals surface area contributed by atoms with Crippen molar-refractivity contribution in [2.45, 2.75) is 25.9 Å². The molecule has 0 bridgehead atoms. The summed E-state index contributed by atoms with van der Waals surface area (Å²) in [4.78, 5) is 13.9. The number of rotatable bonds is 2. The number of halogens is 2. The average Bonchev–Trinajstić information content (AvgIpc) is 2.42. The third-order valence-electron chi connectivity index (χ3n) is 3.60. The lowest BCUT2D eigenvalue weighted by atomic mass is 9.94. The van der Waals surface area contributed by atoms with Crippen molar-refractivity contribution in [3.05, 3.63) is 28.2 Å². The number of aliphatic hydroxyl groups excluding tert-OH is 1. The number of benzene rings is 1. The number of amides is 2. The van der Waals surface area contributed by atoms with E-state index in [2.05, 4.69) is 5.32 Å². The summed E-state index contributed by atoms with van der Waals surface area (Å²) < 4.78 is 0. The van der Waals surface area contributed by atoms with Crippen LogP contribution < -0.4 is 5.32 Å². The van der Waals surface area contributed by atoms with Crippen LogP contribution in [-0.4, -0.2) is 35.2 Å². The van der Waals surface area contributed by atoms with Gasteiger partial charge in [0, 0.05) is 24.0 Å². The second kappa shape index (κ2) is 6.66. The number of carbonyl (C=O) groups excluding carboxylic acids is 1. The van der Waals surface area contributed by atoms with Gasteiger partial charge in [-0.3, -0.25) is 0 Å². The van der Waals surface area contributed by atoms with E-state index in [0.717, 1.165) is 12.8 Å². The maximum Gasteiger partial charge on any atom is 0.321 e. The Morgan fingerprint density at radius 2 is 2.25 bits per heavy atom. The molecule has 110 valence electrons. The molecule has 0 saturated carbocycles. The molecular weight excluding hydrogens is 299 g/mol. The Hall–Kier alpha value is -0.970. The van der Waals surface area contributed by atoms with Gasteiger partial charge in [0.15, 0.2) is 0 Å². The predicted octanol–water partition coefficient (Wildman–Crippen LogP) is 3.62. The fraction of sp³-hybridized carbons (Fsp3) is 0.500. The van der Waals surface area contributed by atoms with Gasteiger partial charge in [-0.05, 0) is 38.0 Å². The minimum atomic E-state index is -0.398. The molecule has 1 aromatic carbocycles. The number of nitrogens with one attached hydrogen (secondary N) is 1. The first-order valence-electron chi connectivity index (χ1n) is 6.66. The molecule has 20 heavy (non-hydrogen) atoms. The quantitative estimate of drug-likeness (QED) is 0.875. The number of hydrogen-bond donors (Lipinski definition) is 2. The molecule has 6 heteroatoms. The van der Waals surface area contributed by atoms with E-state index < -0.39 is 6.10 Å². The third-order valence-corrected chi connectivity index (χ3v) is 4.15. The van der Waals surface area contributed by atoms with Crippen molar-refractivity contribution in [1.29, 1.82) is 0 Å². The van der Waals surface area contributed by atoms with Gasteiger partial charge >= 0.3 is 6.03 Å². The number of anilines is 1. The van der Waals surface area contributed by atoms with E-state index in [9.17, 15) is 9.90 Å². The molecule has 1 aromatic rings. The van der Waals surface area contributed by atoms with Crippen LogP contribution in [0, 0.1) is 5.92 Å². The zero-order chi connectivity index (χ0) is 14.7. The lowest BCUT2D eigenvalue weighted by molar-refractivity contribution is 0.0766. The number of urea groups is 1. The molecule has 1 saturated heterocycles. The van der Waals surface area contributed by atoms with Crippen LogP contribution in [0.2, 0.25) is 10.0 Å². The molecule has 1 fully saturated rings. The first-order chi connectivity index (χ1) is 9.47. The van der Waals surface area contributed by atoms with Crippen molar-refractivity contribution < 1.29 is 9.90 Å². The summed E-state index contributed by atoms with van der Waals surface area (Å²) in [6.07, 6.45) is 1.45. The van der Waals surface area contributed by atoms with E-state index in [1.54, 1.807) is 30.0 Å². The van der Waals surface area contributed by atoms with Gasteiger partial charge in [0.05, 0.1) is 16.8 Å². The number of aliphatic hydroxyl groups is 1. The molecule has 0 aliphatic carbocycles. The third kappa shape index (κ3) is 3.78. The van der Waals surface area contributed by atoms with Gasteiger partial charge in [0.1, 0.15) is 0 Å². The highest BCUT2D eigenvalue weighted by Crippen LogP contribution is 2.26. The predicted molar refractivity (Wildman–Crippen MR) is 81.5 cm³/mol. The number of piperidine rings is 1. The number of hydrogen-bond acceptors (Lipinski definition) is 2. The van der Waals surface area contributed by atoms with Crippen LogP contribution in [-0.2, 0) is 0 Å². The van der Waals surface area contributed by atoms with Crippen molar-refractivity contribution in [2.24, 2.45) is 5.92 Å². The highest BCUT2D eigenvalue weighted by atomic mass is 35.5. The van der Waals surface area contributed by atoms with E-state index in [1.165, 1.54) is 0 Å².